The molecule has 1 heterocycles. The minimum atomic E-state index is 0.206. The third kappa shape index (κ3) is 2.54. The Morgan fingerprint density at radius 1 is 1.67 bits per heavy atom. The molecule has 1 aromatic heterocycles. The molecule has 0 aromatic carbocycles. The predicted octanol–water partition coefficient (Wildman–Crippen LogP) is 0.847. The van der Waals surface area contributed by atoms with Crippen LogP contribution in [0.4, 0.5) is 0 Å². The van der Waals surface area contributed by atoms with Crippen LogP contribution >= 0.6 is 0 Å². The van der Waals surface area contributed by atoms with Crippen LogP contribution < -0.4 is 10.1 Å². The van der Waals surface area contributed by atoms with Gasteiger partial charge in [-0.1, -0.05) is 0 Å². The van der Waals surface area contributed by atoms with Crippen LogP contribution in [0, 0.1) is 0 Å². The van der Waals surface area contributed by atoms with Crippen molar-refractivity contribution in [3.8, 4) is 5.75 Å². The highest BCUT2D eigenvalue weighted by molar-refractivity contribution is 5.11. The number of nitrogens with one attached hydrogen (secondary N) is 1. The van der Waals surface area contributed by atoms with Crippen molar-refractivity contribution in [1.82, 2.24) is 15.1 Å². The molecular weight excluding hydrogens is 154 g/mol. The van der Waals surface area contributed by atoms with E-state index < -0.39 is 0 Å². The molecule has 0 amide bonds. The zero-order valence-electron chi connectivity index (χ0n) is 7.74. The summed E-state index contributed by atoms with van der Waals surface area (Å²) in [5, 5.41) is 7.08. The molecule has 4 heteroatoms. The SMILES string of the molecule is CNCn1cc(OC(C)C)cn1. The minimum Gasteiger partial charge on any atom is -0.488 e. The number of nitrogens with zero attached hydrogens (tertiary/aromatic N) is 2. The smallest absolute Gasteiger partial charge is 0.157 e. The Bertz CT molecular complexity index is 232. The molecular formula is C8H15N3O. The van der Waals surface area contributed by atoms with Gasteiger partial charge < -0.3 is 10.1 Å². The second kappa shape index (κ2) is 4.11. The molecule has 0 aliphatic carbocycles. The molecule has 0 aliphatic rings. The van der Waals surface area contributed by atoms with Crippen molar-refractivity contribution in [2.45, 2.75) is 26.6 Å². The molecule has 1 rings (SSSR count). The van der Waals surface area contributed by atoms with Gasteiger partial charge in [-0.05, 0) is 20.9 Å². The summed E-state index contributed by atoms with van der Waals surface area (Å²) >= 11 is 0. The highest BCUT2D eigenvalue weighted by Gasteiger charge is 1.99. The second-order valence-electron chi connectivity index (χ2n) is 2.89. The molecule has 0 atom stereocenters. The third-order valence-corrected chi connectivity index (χ3v) is 1.30. The molecule has 0 bridgehead atoms. The molecule has 1 aromatic rings. The molecule has 0 saturated heterocycles. The molecule has 0 aliphatic heterocycles. The normalized spacial score (nSPS) is 10.7. The number of aromatic nitrogens is 2. The Morgan fingerprint density at radius 2 is 2.42 bits per heavy atom. The van der Waals surface area contributed by atoms with Crippen LogP contribution in [0.5, 0.6) is 5.75 Å². The molecule has 0 spiro atoms. The topological polar surface area (TPSA) is 39.1 Å². The molecule has 1 N–H and O–H groups in total. The van der Waals surface area contributed by atoms with E-state index in [1.807, 2.05) is 27.1 Å². The minimum absolute atomic E-state index is 0.206. The average Bonchev–Trinajstić information content (AvgIpc) is 2.36. The lowest BCUT2D eigenvalue weighted by Gasteiger charge is -2.05. The van der Waals surface area contributed by atoms with E-state index in [9.17, 15) is 0 Å². The lowest BCUT2D eigenvalue weighted by atomic mass is 10.5. The van der Waals surface area contributed by atoms with E-state index in [1.165, 1.54) is 0 Å². The van der Waals surface area contributed by atoms with Gasteiger partial charge in [-0.2, -0.15) is 5.10 Å². The van der Waals surface area contributed by atoms with Crippen LogP contribution in [0.15, 0.2) is 12.4 Å². The van der Waals surface area contributed by atoms with Crippen molar-refractivity contribution in [3.63, 3.8) is 0 Å². The molecule has 0 radical (unpaired) electrons. The molecule has 12 heavy (non-hydrogen) atoms. The molecule has 0 fully saturated rings. The lowest BCUT2D eigenvalue weighted by molar-refractivity contribution is 0.242. The van der Waals surface area contributed by atoms with E-state index in [4.69, 9.17) is 4.74 Å². The Morgan fingerprint density at radius 3 is 3.00 bits per heavy atom. The predicted molar refractivity (Wildman–Crippen MR) is 47.1 cm³/mol. The highest BCUT2D eigenvalue weighted by atomic mass is 16.5. The van der Waals surface area contributed by atoms with Gasteiger partial charge in [-0.15, -0.1) is 0 Å². The van der Waals surface area contributed by atoms with Gasteiger partial charge in [0.1, 0.15) is 0 Å². The van der Waals surface area contributed by atoms with E-state index >= 15 is 0 Å². The Balaban J connectivity index is 2.52. The third-order valence-electron chi connectivity index (χ3n) is 1.30. The Hall–Kier alpha value is -1.03. The summed E-state index contributed by atoms with van der Waals surface area (Å²) in [4.78, 5) is 0. The Kier molecular flexibility index (Phi) is 3.10. The summed E-state index contributed by atoms with van der Waals surface area (Å²) in [6.07, 6.45) is 3.80. The monoisotopic (exact) mass is 169 g/mol. The van der Waals surface area contributed by atoms with Gasteiger partial charge in [0.2, 0.25) is 0 Å². The fraction of sp³-hybridized carbons (Fsp3) is 0.625. The van der Waals surface area contributed by atoms with Gasteiger partial charge in [0.05, 0.1) is 25.2 Å². The van der Waals surface area contributed by atoms with Crippen LogP contribution in [-0.2, 0) is 6.67 Å². The van der Waals surface area contributed by atoms with Crippen LogP contribution in [-0.4, -0.2) is 22.9 Å². The summed E-state index contributed by atoms with van der Waals surface area (Å²) in [7, 11) is 1.88. The zero-order chi connectivity index (χ0) is 8.97. The van der Waals surface area contributed by atoms with Gasteiger partial charge in [0.15, 0.2) is 5.75 Å². The summed E-state index contributed by atoms with van der Waals surface area (Å²) in [6, 6.07) is 0. The zero-order valence-corrected chi connectivity index (χ0v) is 7.74. The number of hydrogen-bond donors (Lipinski definition) is 1. The molecule has 68 valence electrons. The number of rotatable bonds is 4. The highest BCUT2D eigenvalue weighted by Crippen LogP contribution is 2.09. The summed E-state index contributed by atoms with van der Waals surface area (Å²) in [6.45, 7) is 4.70. The van der Waals surface area contributed by atoms with E-state index in [0.717, 1.165) is 5.75 Å². The molecule has 0 unspecified atom stereocenters. The largest absolute Gasteiger partial charge is 0.488 e. The number of hydrogen-bond acceptors (Lipinski definition) is 3. The first-order valence-corrected chi connectivity index (χ1v) is 4.06. The maximum atomic E-state index is 5.43. The van der Waals surface area contributed by atoms with E-state index in [2.05, 4.69) is 10.4 Å². The Labute approximate surface area is 72.5 Å². The van der Waals surface area contributed by atoms with Crippen molar-refractivity contribution < 1.29 is 4.74 Å². The maximum absolute atomic E-state index is 5.43. The average molecular weight is 169 g/mol. The fourth-order valence-electron chi connectivity index (χ4n) is 0.926. The summed E-state index contributed by atoms with van der Waals surface area (Å²) in [5.74, 6) is 0.820. The van der Waals surface area contributed by atoms with Crippen molar-refractivity contribution in [1.29, 1.82) is 0 Å². The van der Waals surface area contributed by atoms with Gasteiger partial charge in [0.25, 0.3) is 0 Å². The summed E-state index contributed by atoms with van der Waals surface area (Å²) in [5.41, 5.74) is 0. The van der Waals surface area contributed by atoms with Gasteiger partial charge in [-0.3, -0.25) is 4.68 Å². The van der Waals surface area contributed by atoms with Gasteiger partial charge in [0, 0.05) is 0 Å². The first-order chi connectivity index (χ1) is 5.72. The van der Waals surface area contributed by atoms with Crippen LogP contribution in [0.2, 0.25) is 0 Å². The van der Waals surface area contributed by atoms with E-state index in [1.54, 1.807) is 10.9 Å². The van der Waals surface area contributed by atoms with Crippen LogP contribution in [0.25, 0.3) is 0 Å². The van der Waals surface area contributed by atoms with Crippen molar-refractivity contribution >= 4 is 0 Å². The van der Waals surface area contributed by atoms with Crippen molar-refractivity contribution in [3.05, 3.63) is 12.4 Å². The van der Waals surface area contributed by atoms with Crippen LogP contribution in [0.3, 0.4) is 0 Å². The quantitative estimate of drug-likeness (QED) is 0.726. The maximum Gasteiger partial charge on any atom is 0.157 e. The number of ether oxygens (including phenoxy) is 1. The van der Waals surface area contributed by atoms with Crippen molar-refractivity contribution in [2.24, 2.45) is 0 Å². The van der Waals surface area contributed by atoms with E-state index in [0.29, 0.717) is 6.67 Å². The fourth-order valence-corrected chi connectivity index (χ4v) is 0.926. The second-order valence-corrected chi connectivity index (χ2v) is 2.89. The van der Waals surface area contributed by atoms with Crippen molar-refractivity contribution in [2.75, 3.05) is 7.05 Å². The standard InChI is InChI=1S/C8H15N3O/c1-7(2)12-8-4-10-11(5-8)6-9-3/h4-5,7,9H,6H2,1-3H3. The molecule has 0 saturated carbocycles. The first-order valence-electron chi connectivity index (χ1n) is 4.06. The lowest BCUT2D eigenvalue weighted by Crippen LogP contribution is -2.13. The molecule has 4 nitrogen and oxygen atoms in total. The van der Waals surface area contributed by atoms with E-state index in [-0.39, 0.29) is 6.10 Å². The van der Waals surface area contributed by atoms with Crippen LogP contribution in [0.1, 0.15) is 13.8 Å². The summed E-state index contributed by atoms with van der Waals surface area (Å²) < 4.78 is 7.22. The first kappa shape index (κ1) is 9.06. The van der Waals surface area contributed by atoms with Gasteiger partial charge >= 0.3 is 0 Å². The van der Waals surface area contributed by atoms with Gasteiger partial charge in [-0.25, -0.2) is 0 Å².